The molecule has 0 aliphatic heterocycles. The lowest BCUT2D eigenvalue weighted by Gasteiger charge is -2.06. The number of thiophene rings is 1. The minimum Gasteiger partial charge on any atom is -0.420 e. The van der Waals surface area contributed by atoms with Crippen molar-refractivity contribution in [3.63, 3.8) is 0 Å². The summed E-state index contributed by atoms with van der Waals surface area (Å²) in [4.78, 5) is 12.5. The molecule has 1 N–H and O–H groups in total. The fourth-order valence-electron chi connectivity index (χ4n) is 1.48. The minimum absolute atomic E-state index is 0.0181. The summed E-state index contributed by atoms with van der Waals surface area (Å²) in [5.74, 6) is 1.50. The Morgan fingerprint density at radius 2 is 2.32 bits per heavy atom. The summed E-state index contributed by atoms with van der Waals surface area (Å²) < 4.78 is 5.51. The number of aromatic nitrogens is 2. The quantitative estimate of drug-likeness (QED) is 0.882. The Hall–Kier alpha value is -1.69. The van der Waals surface area contributed by atoms with Gasteiger partial charge in [-0.25, -0.2) is 0 Å². The van der Waals surface area contributed by atoms with E-state index < -0.39 is 0 Å². The van der Waals surface area contributed by atoms with E-state index in [1.807, 2.05) is 17.5 Å². The zero-order valence-electron chi connectivity index (χ0n) is 11.0. The second-order valence-electron chi connectivity index (χ2n) is 4.68. The van der Waals surface area contributed by atoms with Crippen molar-refractivity contribution in [1.29, 1.82) is 0 Å². The highest BCUT2D eigenvalue weighted by molar-refractivity contribution is 7.13. The largest absolute Gasteiger partial charge is 0.420 e. The number of nitrogens with zero attached hydrogens (tertiary/aromatic N) is 2. The van der Waals surface area contributed by atoms with Crippen molar-refractivity contribution in [2.45, 2.75) is 26.7 Å². The van der Waals surface area contributed by atoms with E-state index in [4.69, 9.17) is 4.42 Å². The Kier molecular flexibility index (Phi) is 4.68. The van der Waals surface area contributed by atoms with Crippen LogP contribution in [0.5, 0.6) is 0 Å². The van der Waals surface area contributed by atoms with E-state index >= 15 is 0 Å². The maximum Gasteiger partial charge on any atom is 0.257 e. The molecule has 0 aliphatic rings. The van der Waals surface area contributed by atoms with Gasteiger partial charge < -0.3 is 9.73 Å². The summed E-state index contributed by atoms with van der Waals surface area (Å²) >= 11 is 1.55. The molecule has 0 unspecified atom stereocenters. The third-order valence-electron chi connectivity index (χ3n) is 2.47. The number of carbonyl (C=O) groups is 1. The van der Waals surface area contributed by atoms with Gasteiger partial charge in [0.25, 0.3) is 5.89 Å². The van der Waals surface area contributed by atoms with Gasteiger partial charge in [-0.2, -0.15) is 0 Å². The highest BCUT2D eigenvalue weighted by Gasteiger charge is 2.11. The number of hydrogen-bond acceptors (Lipinski definition) is 5. The molecule has 0 bridgehead atoms. The third-order valence-corrected chi connectivity index (χ3v) is 3.33. The zero-order chi connectivity index (χ0) is 13.7. The SMILES string of the molecule is CC(C)CNC(=O)CCc1nnc(-c2cccs2)o1. The fraction of sp³-hybridized carbons (Fsp3) is 0.462. The molecular weight excluding hydrogens is 262 g/mol. The summed E-state index contributed by atoms with van der Waals surface area (Å²) in [5, 5.41) is 12.7. The Morgan fingerprint density at radius 1 is 1.47 bits per heavy atom. The van der Waals surface area contributed by atoms with Gasteiger partial charge in [-0.3, -0.25) is 4.79 Å². The smallest absolute Gasteiger partial charge is 0.257 e. The Labute approximate surface area is 116 Å². The predicted molar refractivity (Wildman–Crippen MR) is 73.8 cm³/mol. The number of carbonyl (C=O) groups excluding carboxylic acids is 1. The van der Waals surface area contributed by atoms with Crippen LogP contribution >= 0.6 is 11.3 Å². The molecule has 2 aromatic heterocycles. The van der Waals surface area contributed by atoms with Gasteiger partial charge in [0.15, 0.2) is 0 Å². The van der Waals surface area contributed by atoms with E-state index in [2.05, 4.69) is 29.4 Å². The van der Waals surface area contributed by atoms with Crippen LogP contribution in [-0.4, -0.2) is 22.6 Å². The van der Waals surface area contributed by atoms with Crippen LogP contribution in [0.25, 0.3) is 10.8 Å². The van der Waals surface area contributed by atoms with E-state index in [1.54, 1.807) is 11.3 Å². The van der Waals surface area contributed by atoms with E-state index in [-0.39, 0.29) is 5.91 Å². The molecule has 19 heavy (non-hydrogen) atoms. The van der Waals surface area contributed by atoms with E-state index in [0.29, 0.717) is 37.1 Å². The van der Waals surface area contributed by atoms with Crippen molar-refractivity contribution in [3.05, 3.63) is 23.4 Å². The molecule has 2 heterocycles. The van der Waals surface area contributed by atoms with Crippen LogP contribution in [0.15, 0.2) is 21.9 Å². The van der Waals surface area contributed by atoms with Crippen molar-refractivity contribution in [3.8, 4) is 10.8 Å². The lowest BCUT2D eigenvalue weighted by atomic mass is 10.2. The molecule has 5 nitrogen and oxygen atoms in total. The van der Waals surface area contributed by atoms with Gasteiger partial charge in [0, 0.05) is 19.4 Å². The first-order valence-corrected chi connectivity index (χ1v) is 7.16. The minimum atomic E-state index is 0.0181. The summed E-state index contributed by atoms with van der Waals surface area (Å²) in [6.07, 6.45) is 0.848. The molecule has 1 amide bonds. The van der Waals surface area contributed by atoms with Gasteiger partial charge in [0.2, 0.25) is 11.8 Å². The molecule has 102 valence electrons. The topological polar surface area (TPSA) is 68.0 Å². The van der Waals surface area contributed by atoms with Gasteiger partial charge in [-0.15, -0.1) is 21.5 Å². The van der Waals surface area contributed by atoms with Crippen LogP contribution in [0, 0.1) is 5.92 Å². The molecule has 0 radical (unpaired) electrons. The highest BCUT2D eigenvalue weighted by atomic mass is 32.1. The summed E-state index contributed by atoms with van der Waals surface area (Å²) in [6, 6.07) is 3.86. The average Bonchev–Trinajstić information content (AvgIpc) is 3.03. The van der Waals surface area contributed by atoms with Gasteiger partial charge in [0.1, 0.15) is 0 Å². The zero-order valence-corrected chi connectivity index (χ0v) is 11.9. The van der Waals surface area contributed by atoms with Crippen molar-refractivity contribution < 1.29 is 9.21 Å². The van der Waals surface area contributed by atoms with Crippen LogP contribution in [0.1, 0.15) is 26.2 Å². The van der Waals surface area contributed by atoms with Crippen molar-refractivity contribution >= 4 is 17.2 Å². The number of hydrogen-bond donors (Lipinski definition) is 1. The van der Waals surface area contributed by atoms with E-state index in [1.165, 1.54) is 0 Å². The maximum atomic E-state index is 11.6. The molecule has 0 fully saturated rings. The van der Waals surface area contributed by atoms with Crippen LogP contribution < -0.4 is 5.32 Å². The Morgan fingerprint density at radius 3 is 3.00 bits per heavy atom. The molecule has 0 saturated heterocycles. The van der Waals surface area contributed by atoms with Gasteiger partial charge in [-0.05, 0) is 17.4 Å². The monoisotopic (exact) mass is 279 g/mol. The second-order valence-corrected chi connectivity index (χ2v) is 5.62. The van der Waals surface area contributed by atoms with Crippen LogP contribution in [0.2, 0.25) is 0 Å². The molecular formula is C13H17N3O2S. The Balaban J connectivity index is 1.82. The van der Waals surface area contributed by atoms with Crippen molar-refractivity contribution in [1.82, 2.24) is 15.5 Å². The fourth-order valence-corrected chi connectivity index (χ4v) is 2.13. The number of amides is 1. The van der Waals surface area contributed by atoms with Crippen LogP contribution in [0.3, 0.4) is 0 Å². The lowest BCUT2D eigenvalue weighted by molar-refractivity contribution is -0.121. The van der Waals surface area contributed by atoms with E-state index in [0.717, 1.165) is 4.88 Å². The summed E-state index contributed by atoms with van der Waals surface area (Å²) in [5.41, 5.74) is 0. The molecule has 6 heteroatoms. The van der Waals surface area contributed by atoms with Crippen LogP contribution in [-0.2, 0) is 11.2 Å². The first-order valence-electron chi connectivity index (χ1n) is 6.28. The van der Waals surface area contributed by atoms with Crippen molar-refractivity contribution in [2.24, 2.45) is 5.92 Å². The standard InChI is InChI=1S/C13H17N3O2S/c1-9(2)8-14-11(17)5-6-12-15-16-13(18-12)10-4-3-7-19-10/h3-4,7,9H,5-6,8H2,1-2H3,(H,14,17). The predicted octanol–water partition coefficient (Wildman–Crippen LogP) is 2.50. The molecule has 0 atom stereocenters. The van der Waals surface area contributed by atoms with Gasteiger partial charge in [-0.1, -0.05) is 19.9 Å². The summed E-state index contributed by atoms with van der Waals surface area (Å²) in [6.45, 7) is 4.82. The molecule has 0 aromatic carbocycles. The number of nitrogens with one attached hydrogen (secondary N) is 1. The third kappa shape index (κ3) is 4.17. The summed E-state index contributed by atoms with van der Waals surface area (Å²) in [7, 11) is 0. The molecule has 0 spiro atoms. The van der Waals surface area contributed by atoms with Gasteiger partial charge in [0.05, 0.1) is 4.88 Å². The maximum absolute atomic E-state index is 11.6. The van der Waals surface area contributed by atoms with Crippen molar-refractivity contribution in [2.75, 3.05) is 6.54 Å². The molecule has 2 rings (SSSR count). The molecule has 0 saturated carbocycles. The second kappa shape index (κ2) is 6.47. The lowest BCUT2D eigenvalue weighted by Crippen LogP contribution is -2.27. The average molecular weight is 279 g/mol. The highest BCUT2D eigenvalue weighted by Crippen LogP contribution is 2.23. The number of rotatable bonds is 6. The first kappa shape index (κ1) is 13.7. The van der Waals surface area contributed by atoms with Crippen LogP contribution in [0.4, 0.5) is 0 Å². The molecule has 2 aromatic rings. The normalized spacial score (nSPS) is 10.9. The van der Waals surface area contributed by atoms with E-state index in [9.17, 15) is 4.79 Å². The Bertz CT molecular complexity index is 520. The first-order chi connectivity index (χ1) is 9.15. The number of aryl methyl sites for hydroxylation is 1. The van der Waals surface area contributed by atoms with Gasteiger partial charge >= 0.3 is 0 Å². The molecule has 0 aliphatic carbocycles.